The van der Waals surface area contributed by atoms with Crippen molar-refractivity contribution in [3.63, 3.8) is 0 Å². The van der Waals surface area contributed by atoms with Crippen LogP contribution in [0.2, 0.25) is 0 Å². The number of ether oxygens (including phenoxy) is 1. The fourth-order valence-corrected chi connectivity index (χ4v) is 7.70. The van der Waals surface area contributed by atoms with E-state index in [0.717, 1.165) is 38.6 Å². The summed E-state index contributed by atoms with van der Waals surface area (Å²) in [6.07, 6.45) is 1.91. The van der Waals surface area contributed by atoms with Crippen LogP contribution in [0.5, 0.6) is 5.75 Å². The summed E-state index contributed by atoms with van der Waals surface area (Å²) in [5.41, 5.74) is 3.09. The average molecular weight is 702 g/mol. The smallest absolute Gasteiger partial charge is 0.156 e. The van der Waals surface area contributed by atoms with Gasteiger partial charge >= 0.3 is 0 Å². The monoisotopic (exact) mass is 702 g/mol. The van der Waals surface area contributed by atoms with Gasteiger partial charge in [-0.05, 0) is 109 Å². The predicted octanol–water partition coefficient (Wildman–Crippen LogP) is 8.89. The SMILES string of the molecule is N#C/C(=C\c1cc(I)c(OCc2cccc3ccccc23)c(I)c1)Sc1nc2ccccc2s1. The Morgan fingerprint density at radius 1 is 1.00 bits per heavy atom. The lowest BCUT2D eigenvalue weighted by Crippen LogP contribution is -2.00. The van der Waals surface area contributed by atoms with E-state index in [1.807, 2.05) is 24.3 Å². The van der Waals surface area contributed by atoms with Crippen LogP contribution in [0.3, 0.4) is 0 Å². The molecule has 166 valence electrons. The first-order valence-electron chi connectivity index (χ1n) is 10.3. The van der Waals surface area contributed by atoms with Crippen LogP contribution < -0.4 is 4.74 Å². The zero-order valence-corrected chi connectivity index (χ0v) is 23.6. The number of nitrogens with zero attached hydrogens (tertiary/aromatic N) is 2. The highest BCUT2D eigenvalue weighted by Crippen LogP contribution is 2.36. The molecule has 0 spiro atoms. The van der Waals surface area contributed by atoms with E-state index in [4.69, 9.17) is 4.74 Å². The van der Waals surface area contributed by atoms with Crippen molar-refractivity contribution in [3.05, 3.63) is 102 Å². The summed E-state index contributed by atoms with van der Waals surface area (Å²) in [7, 11) is 0. The molecule has 0 radical (unpaired) electrons. The minimum absolute atomic E-state index is 0.499. The largest absolute Gasteiger partial charge is 0.487 e. The maximum absolute atomic E-state index is 9.72. The first kappa shape index (κ1) is 23.6. The number of aromatic nitrogens is 1. The van der Waals surface area contributed by atoms with Crippen molar-refractivity contribution in [2.45, 2.75) is 10.9 Å². The van der Waals surface area contributed by atoms with E-state index in [9.17, 15) is 5.26 Å². The van der Waals surface area contributed by atoms with Crippen molar-refractivity contribution in [2.75, 3.05) is 0 Å². The second-order valence-electron chi connectivity index (χ2n) is 7.41. The van der Waals surface area contributed by atoms with E-state index >= 15 is 0 Å². The first-order valence-corrected chi connectivity index (χ1v) is 14.1. The van der Waals surface area contributed by atoms with Crippen molar-refractivity contribution in [1.82, 2.24) is 4.98 Å². The third-order valence-electron chi connectivity index (χ3n) is 5.15. The molecule has 0 aliphatic rings. The van der Waals surface area contributed by atoms with Gasteiger partial charge in [0.25, 0.3) is 0 Å². The van der Waals surface area contributed by atoms with Gasteiger partial charge < -0.3 is 4.74 Å². The van der Waals surface area contributed by atoms with Crippen molar-refractivity contribution < 1.29 is 4.74 Å². The Labute approximate surface area is 233 Å². The number of fused-ring (bicyclic) bond motifs is 2. The van der Waals surface area contributed by atoms with Crippen molar-refractivity contribution in [3.8, 4) is 11.8 Å². The molecular formula is C27H16I2N2OS2. The maximum atomic E-state index is 9.72. The van der Waals surface area contributed by atoms with E-state index in [1.165, 1.54) is 22.5 Å². The standard InChI is InChI=1S/C27H16I2N2OS2/c28-22-13-17(12-20(15-30)33-27-31-24-10-3-4-11-25(24)34-27)14-23(29)26(22)32-16-19-8-5-7-18-6-1-2-9-21(18)19/h1-14H,16H2/b20-12+. The van der Waals surface area contributed by atoms with E-state index in [1.54, 1.807) is 11.3 Å². The molecule has 0 fully saturated rings. The van der Waals surface area contributed by atoms with E-state index in [-0.39, 0.29) is 0 Å². The average Bonchev–Trinajstić information content (AvgIpc) is 3.25. The van der Waals surface area contributed by atoms with Gasteiger partial charge in [-0.1, -0.05) is 54.6 Å². The second kappa shape index (κ2) is 10.6. The number of benzene rings is 4. The van der Waals surface area contributed by atoms with Gasteiger partial charge in [0.1, 0.15) is 18.4 Å². The number of thioether (sulfide) groups is 1. The molecule has 0 N–H and O–H groups in total. The van der Waals surface area contributed by atoms with Crippen LogP contribution in [0.15, 0.2) is 88.1 Å². The van der Waals surface area contributed by atoms with Gasteiger partial charge in [-0.2, -0.15) is 5.26 Å². The molecule has 5 aromatic rings. The number of rotatable bonds is 6. The summed E-state index contributed by atoms with van der Waals surface area (Å²) in [6, 6.07) is 29.1. The molecule has 0 saturated carbocycles. The fourth-order valence-electron chi connectivity index (χ4n) is 3.59. The van der Waals surface area contributed by atoms with Gasteiger partial charge in [0.05, 0.1) is 22.3 Å². The van der Waals surface area contributed by atoms with Crippen LogP contribution >= 0.6 is 68.3 Å². The first-order chi connectivity index (χ1) is 16.6. The highest BCUT2D eigenvalue weighted by atomic mass is 127. The minimum Gasteiger partial charge on any atom is -0.487 e. The molecule has 5 rings (SSSR count). The third-order valence-corrected chi connectivity index (χ3v) is 8.78. The lowest BCUT2D eigenvalue weighted by molar-refractivity contribution is 0.303. The van der Waals surface area contributed by atoms with Crippen LogP contribution in [0.25, 0.3) is 27.1 Å². The minimum atomic E-state index is 0.499. The zero-order valence-electron chi connectivity index (χ0n) is 17.7. The van der Waals surface area contributed by atoms with Gasteiger partial charge in [-0.25, -0.2) is 4.98 Å². The molecule has 0 unspecified atom stereocenters. The quantitative estimate of drug-likeness (QED) is 0.101. The summed E-state index contributed by atoms with van der Waals surface area (Å²) in [4.78, 5) is 5.24. The molecular weight excluding hydrogens is 686 g/mol. The predicted molar refractivity (Wildman–Crippen MR) is 159 cm³/mol. The number of hydrogen-bond donors (Lipinski definition) is 0. The lowest BCUT2D eigenvalue weighted by atomic mass is 10.1. The van der Waals surface area contributed by atoms with Gasteiger partial charge in [0.2, 0.25) is 0 Å². The van der Waals surface area contributed by atoms with Gasteiger partial charge in [0, 0.05) is 0 Å². The molecule has 0 atom stereocenters. The van der Waals surface area contributed by atoms with Crippen molar-refractivity contribution in [1.29, 1.82) is 5.26 Å². The number of hydrogen-bond acceptors (Lipinski definition) is 5. The van der Waals surface area contributed by atoms with E-state index in [2.05, 4.69) is 117 Å². The molecule has 3 nitrogen and oxygen atoms in total. The molecule has 0 amide bonds. The highest BCUT2D eigenvalue weighted by Gasteiger charge is 2.12. The molecule has 0 aliphatic heterocycles. The molecule has 7 heteroatoms. The molecule has 34 heavy (non-hydrogen) atoms. The lowest BCUT2D eigenvalue weighted by Gasteiger charge is -2.13. The number of para-hydroxylation sites is 1. The topological polar surface area (TPSA) is 45.9 Å². The van der Waals surface area contributed by atoms with Crippen LogP contribution in [0.4, 0.5) is 0 Å². The zero-order chi connectivity index (χ0) is 23.5. The number of nitriles is 1. The number of thiazole rings is 1. The molecule has 4 aromatic carbocycles. The van der Waals surface area contributed by atoms with Gasteiger partial charge in [-0.15, -0.1) is 11.3 Å². The van der Waals surface area contributed by atoms with Crippen LogP contribution in [0, 0.1) is 18.5 Å². The fraction of sp³-hybridized carbons (Fsp3) is 0.0370. The summed E-state index contributed by atoms with van der Waals surface area (Å²) < 4.78 is 10.3. The van der Waals surface area contributed by atoms with Crippen LogP contribution in [0.1, 0.15) is 11.1 Å². The van der Waals surface area contributed by atoms with Crippen molar-refractivity contribution >= 4 is 95.3 Å². The Bertz CT molecular complexity index is 1530. The Hall–Kier alpha value is -2.13. The molecule has 0 bridgehead atoms. The summed E-state index contributed by atoms with van der Waals surface area (Å²) in [6.45, 7) is 0.499. The molecule has 1 aromatic heterocycles. The Kier molecular flexibility index (Phi) is 7.39. The van der Waals surface area contributed by atoms with Crippen molar-refractivity contribution in [2.24, 2.45) is 0 Å². The summed E-state index contributed by atoms with van der Waals surface area (Å²) in [5.74, 6) is 0.864. The van der Waals surface area contributed by atoms with Crippen LogP contribution in [-0.4, -0.2) is 4.98 Å². The second-order valence-corrected chi connectivity index (χ2v) is 12.1. The Morgan fingerprint density at radius 3 is 2.53 bits per heavy atom. The number of halogens is 2. The molecule has 0 saturated heterocycles. The summed E-state index contributed by atoms with van der Waals surface area (Å²) in [5, 5.41) is 12.1. The van der Waals surface area contributed by atoms with E-state index < -0.39 is 0 Å². The van der Waals surface area contributed by atoms with Gasteiger partial charge in [0.15, 0.2) is 4.34 Å². The normalized spacial score (nSPS) is 11.6. The van der Waals surface area contributed by atoms with Gasteiger partial charge in [-0.3, -0.25) is 0 Å². The molecule has 0 aliphatic carbocycles. The van der Waals surface area contributed by atoms with E-state index in [0.29, 0.717) is 11.5 Å². The number of allylic oxidation sites excluding steroid dienone is 1. The molecule has 1 heterocycles. The van der Waals surface area contributed by atoms with Crippen LogP contribution in [-0.2, 0) is 6.61 Å². The maximum Gasteiger partial charge on any atom is 0.156 e. The third kappa shape index (κ3) is 5.25. The summed E-state index contributed by atoms with van der Waals surface area (Å²) >= 11 is 7.62. The Balaban J connectivity index is 1.36. The highest BCUT2D eigenvalue weighted by molar-refractivity contribution is 14.1. The Morgan fingerprint density at radius 2 is 1.74 bits per heavy atom.